The van der Waals surface area contributed by atoms with Gasteiger partial charge in [0.1, 0.15) is 5.75 Å². The fourth-order valence-corrected chi connectivity index (χ4v) is 3.10. The molecule has 0 fully saturated rings. The standard InChI is InChI=1S/C20H20N4O3/c1-27-17-8-9-19(24(25)26)18(12-17)20(21,13-15-6-2-4-10-22-15)14-16-7-3-5-11-23-16/h2-12H,13-14,21H2,1H3. The van der Waals surface area contributed by atoms with Crippen molar-refractivity contribution in [3.05, 3.63) is 94.1 Å². The second-order valence-corrected chi connectivity index (χ2v) is 6.29. The fraction of sp³-hybridized carbons (Fsp3) is 0.200. The van der Waals surface area contributed by atoms with E-state index in [0.29, 0.717) is 24.2 Å². The predicted molar refractivity (Wildman–Crippen MR) is 101 cm³/mol. The SMILES string of the molecule is COc1ccc([N+](=O)[O-])c(C(N)(Cc2ccccn2)Cc2ccccn2)c1. The van der Waals surface area contributed by atoms with Crippen LogP contribution in [0.15, 0.2) is 67.0 Å². The van der Waals surface area contributed by atoms with Crippen molar-refractivity contribution in [2.75, 3.05) is 7.11 Å². The van der Waals surface area contributed by atoms with E-state index in [1.807, 2.05) is 36.4 Å². The monoisotopic (exact) mass is 364 g/mol. The Morgan fingerprint density at radius 2 is 1.63 bits per heavy atom. The fourth-order valence-electron chi connectivity index (χ4n) is 3.10. The van der Waals surface area contributed by atoms with E-state index in [1.165, 1.54) is 13.2 Å². The molecule has 0 aliphatic heterocycles. The molecule has 2 heterocycles. The summed E-state index contributed by atoms with van der Waals surface area (Å²) in [4.78, 5) is 19.9. The van der Waals surface area contributed by atoms with Crippen LogP contribution in [0.1, 0.15) is 17.0 Å². The molecule has 1 aromatic carbocycles. The predicted octanol–water partition coefficient (Wildman–Crippen LogP) is 3.03. The smallest absolute Gasteiger partial charge is 0.274 e. The maximum atomic E-state index is 11.7. The lowest BCUT2D eigenvalue weighted by molar-refractivity contribution is -0.386. The number of nitro benzene ring substituents is 1. The maximum Gasteiger partial charge on any atom is 0.274 e. The summed E-state index contributed by atoms with van der Waals surface area (Å²) in [5.41, 5.74) is 7.55. The summed E-state index contributed by atoms with van der Waals surface area (Å²) in [5.74, 6) is 0.507. The van der Waals surface area contributed by atoms with Crippen LogP contribution in [0.5, 0.6) is 5.75 Å². The molecule has 0 spiro atoms. The largest absolute Gasteiger partial charge is 0.497 e. The Morgan fingerprint density at radius 3 is 2.07 bits per heavy atom. The topological polar surface area (TPSA) is 104 Å². The number of benzene rings is 1. The average molecular weight is 364 g/mol. The number of hydrogen-bond acceptors (Lipinski definition) is 6. The number of rotatable bonds is 7. The van der Waals surface area contributed by atoms with Crippen LogP contribution < -0.4 is 10.5 Å². The van der Waals surface area contributed by atoms with Gasteiger partial charge in [0.05, 0.1) is 23.1 Å². The van der Waals surface area contributed by atoms with Gasteiger partial charge in [-0.15, -0.1) is 0 Å². The van der Waals surface area contributed by atoms with Gasteiger partial charge in [-0.2, -0.15) is 0 Å². The second-order valence-electron chi connectivity index (χ2n) is 6.29. The van der Waals surface area contributed by atoms with Gasteiger partial charge in [0.25, 0.3) is 5.69 Å². The van der Waals surface area contributed by atoms with Crippen molar-refractivity contribution in [1.82, 2.24) is 9.97 Å². The lowest BCUT2D eigenvalue weighted by atomic mass is 9.81. The Labute approximate surface area is 157 Å². The highest BCUT2D eigenvalue weighted by atomic mass is 16.6. The molecule has 3 rings (SSSR count). The quantitative estimate of drug-likeness (QED) is 0.510. The van der Waals surface area contributed by atoms with E-state index < -0.39 is 10.5 Å². The minimum Gasteiger partial charge on any atom is -0.497 e. The summed E-state index contributed by atoms with van der Waals surface area (Å²) in [7, 11) is 1.51. The van der Waals surface area contributed by atoms with E-state index in [2.05, 4.69) is 9.97 Å². The van der Waals surface area contributed by atoms with Gasteiger partial charge in [0.2, 0.25) is 0 Å². The normalized spacial score (nSPS) is 11.2. The number of ether oxygens (including phenoxy) is 1. The first-order valence-electron chi connectivity index (χ1n) is 8.43. The van der Waals surface area contributed by atoms with Crippen molar-refractivity contribution in [2.45, 2.75) is 18.4 Å². The molecule has 0 aliphatic carbocycles. The van der Waals surface area contributed by atoms with Gasteiger partial charge in [-0.05, 0) is 36.4 Å². The zero-order chi connectivity index (χ0) is 19.3. The third-order valence-electron chi connectivity index (χ3n) is 4.38. The van der Waals surface area contributed by atoms with Gasteiger partial charge in [0.15, 0.2) is 0 Å². The summed E-state index contributed by atoms with van der Waals surface area (Å²) in [6.07, 6.45) is 3.99. The van der Waals surface area contributed by atoms with E-state index >= 15 is 0 Å². The minimum absolute atomic E-state index is 0.0508. The zero-order valence-electron chi connectivity index (χ0n) is 14.9. The number of hydrogen-bond donors (Lipinski definition) is 1. The van der Waals surface area contributed by atoms with Crippen molar-refractivity contribution < 1.29 is 9.66 Å². The molecule has 3 aromatic rings. The highest BCUT2D eigenvalue weighted by Crippen LogP contribution is 2.35. The van der Waals surface area contributed by atoms with Gasteiger partial charge in [0, 0.05) is 42.7 Å². The first kappa shape index (κ1) is 18.5. The third kappa shape index (κ3) is 4.27. The van der Waals surface area contributed by atoms with Crippen LogP contribution in [0.3, 0.4) is 0 Å². The molecule has 138 valence electrons. The average Bonchev–Trinajstić information content (AvgIpc) is 2.69. The number of aromatic nitrogens is 2. The summed E-state index contributed by atoms with van der Waals surface area (Å²) >= 11 is 0. The first-order chi connectivity index (χ1) is 13.0. The molecule has 7 nitrogen and oxygen atoms in total. The van der Waals surface area contributed by atoms with Crippen LogP contribution >= 0.6 is 0 Å². The molecule has 0 radical (unpaired) electrons. The maximum absolute atomic E-state index is 11.7. The van der Waals surface area contributed by atoms with Gasteiger partial charge in [-0.1, -0.05) is 12.1 Å². The molecular formula is C20H20N4O3. The van der Waals surface area contributed by atoms with Crippen LogP contribution in [-0.4, -0.2) is 22.0 Å². The second kappa shape index (κ2) is 7.92. The Hall–Kier alpha value is -3.32. The molecule has 0 saturated heterocycles. The summed E-state index contributed by atoms with van der Waals surface area (Å²) < 4.78 is 5.28. The molecule has 0 aliphatic rings. The Morgan fingerprint density at radius 1 is 1.04 bits per heavy atom. The van der Waals surface area contributed by atoms with Crippen molar-refractivity contribution in [3.63, 3.8) is 0 Å². The summed E-state index contributed by atoms with van der Waals surface area (Å²) in [5, 5.41) is 11.7. The van der Waals surface area contributed by atoms with Crippen molar-refractivity contribution in [2.24, 2.45) is 5.73 Å². The number of nitrogens with two attached hydrogens (primary N) is 1. The van der Waals surface area contributed by atoms with Gasteiger partial charge in [-0.25, -0.2) is 0 Å². The molecule has 2 N–H and O–H groups in total. The zero-order valence-corrected chi connectivity index (χ0v) is 14.9. The highest BCUT2D eigenvalue weighted by Gasteiger charge is 2.36. The molecule has 0 bridgehead atoms. The lowest BCUT2D eigenvalue weighted by Crippen LogP contribution is -2.42. The number of nitro groups is 1. The van der Waals surface area contributed by atoms with E-state index in [9.17, 15) is 10.1 Å². The summed E-state index contributed by atoms with van der Waals surface area (Å²) in [6.45, 7) is 0. The molecular weight excluding hydrogens is 344 g/mol. The Bertz CT molecular complexity index is 876. The molecule has 0 unspecified atom stereocenters. The van der Waals surface area contributed by atoms with Gasteiger partial charge in [-0.3, -0.25) is 20.1 Å². The molecule has 2 aromatic heterocycles. The van der Waals surface area contributed by atoms with E-state index in [0.717, 1.165) is 11.4 Å². The summed E-state index contributed by atoms with van der Waals surface area (Å²) in [6, 6.07) is 15.7. The number of methoxy groups -OCH3 is 1. The van der Waals surface area contributed by atoms with Crippen molar-refractivity contribution >= 4 is 5.69 Å². The van der Waals surface area contributed by atoms with Crippen LogP contribution in [0.25, 0.3) is 0 Å². The molecule has 0 amide bonds. The molecule has 0 atom stereocenters. The lowest BCUT2D eigenvalue weighted by Gasteiger charge is -2.29. The van der Waals surface area contributed by atoms with Crippen molar-refractivity contribution in [3.8, 4) is 5.75 Å². The highest BCUT2D eigenvalue weighted by molar-refractivity contribution is 5.50. The van der Waals surface area contributed by atoms with Crippen molar-refractivity contribution in [1.29, 1.82) is 0 Å². The van der Waals surface area contributed by atoms with E-state index in [-0.39, 0.29) is 5.69 Å². The molecule has 7 heteroatoms. The van der Waals surface area contributed by atoms with Crippen LogP contribution in [0.2, 0.25) is 0 Å². The third-order valence-corrected chi connectivity index (χ3v) is 4.38. The molecule has 27 heavy (non-hydrogen) atoms. The van der Waals surface area contributed by atoms with Crippen LogP contribution in [-0.2, 0) is 18.4 Å². The minimum atomic E-state index is -1.08. The van der Waals surface area contributed by atoms with Crippen LogP contribution in [0.4, 0.5) is 5.69 Å². The first-order valence-corrected chi connectivity index (χ1v) is 8.43. The number of pyridine rings is 2. The Balaban J connectivity index is 2.13. The van der Waals surface area contributed by atoms with Gasteiger partial charge >= 0.3 is 0 Å². The Kier molecular flexibility index (Phi) is 5.42. The van der Waals surface area contributed by atoms with Crippen LogP contribution in [0, 0.1) is 10.1 Å². The van der Waals surface area contributed by atoms with E-state index in [1.54, 1.807) is 24.5 Å². The molecule has 0 saturated carbocycles. The number of nitrogens with zero attached hydrogens (tertiary/aromatic N) is 3. The van der Waals surface area contributed by atoms with Gasteiger partial charge < -0.3 is 10.5 Å². The van der Waals surface area contributed by atoms with E-state index in [4.69, 9.17) is 10.5 Å².